The van der Waals surface area contributed by atoms with Crippen LogP contribution in [0.4, 0.5) is 5.82 Å². The first-order valence-corrected chi connectivity index (χ1v) is 8.38. The Kier molecular flexibility index (Phi) is 8.35. The van der Waals surface area contributed by atoms with Crippen molar-refractivity contribution in [3.63, 3.8) is 0 Å². The fourth-order valence-electron chi connectivity index (χ4n) is 2.14. The summed E-state index contributed by atoms with van der Waals surface area (Å²) in [7, 11) is 0. The molecule has 0 radical (unpaired) electrons. The number of rotatable bonds is 3. The Hall–Kier alpha value is -1.87. The molecule has 0 bridgehead atoms. The summed E-state index contributed by atoms with van der Waals surface area (Å²) in [6.45, 7) is 4.46. The van der Waals surface area contributed by atoms with Gasteiger partial charge in [0.05, 0.1) is 24.2 Å². The lowest BCUT2D eigenvalue weighted by molar-refractivity contribution is -0.109. The van der Waals surface area contributed by atoms with Gasteiger partial charge in [-0.15, -0.1) is 0 Å². The largest absolute Gasteiger partial charge is 0.384 e. The lowest BCUT2D eigenvalue weighted by Gasteiger charge is -2.26. The molecule has 0 aliphatic heterocycles. The van der Waals surface area contributed by atoms with Gasteiger partial charge in [-0.3, -0.25) is 0 Å². The highest BCUT2D eigenvalue weighted by atomic mass is 16.1. The van der Waals surface area contributed by atoms with E-state index in [-0.39, 0.29) is 0 Å². The number of aldehydes is 1. The molecule has 1 aromatic heterocycles. The third kappa shape index (κ3) is 6.03. The average molecular weight is 319 g/mol. The van der Waals surface area contributed by atoms with Crippen LogP contribution in [0.1, 0.15) is 57.1 Å². The molecule has 2 aliphatic rings. The van der Waals surface area contributed by atoms with Crippen molar-refractivity contribution < 1.29 is 4.79 Å². The molecule has 6 heteroatoms. The van der Waals surface area contributed by atoms with E-state index < -0.39 is 5.92 Å². The zero-order chi connectivity index (χ0) is 17.2. The van der Waals surface area contributed by atoms with Crippen LogP contribution in [0.15, 0.2) is 6.20 Å². The molecule has 0 spiro atoms. The van der Waals surface area contributed by atoms with Gasteiger partial charge in [-0.25, -0.2) is 4.68 Å². The van der Waals surface area contributed by atoms with Crippen LogP contribution in [0.5, 0.6) is 0 Å². The van der Waals surface area contributed by atoms with E-state index in [2.05, 4.69) is 5.10 Å². The van der Waals surface area contributed by atoms with Crippen molar-refractivity contribution in [3.05, 3.63) is 11.8 Å². The van der Waals surface area contributed by atoms with E-state index in [0.717, 1.165) is 23.8 Å². The van der Waals surface area contributed by atoms with Gasteiger partial charge in [0.15, 0.2) is 0 Å². The first-order chi connectivity index (χ1) is 11.0. The van der Waals surface area contributed by atoms with Crippen LogP contribution >= 0.6 is 0 Å². The van der Waals surface area contributed by atoms with Crippen LogP contribution in [-0.2, 0) is 4.79 Å². The zero-order valence-electron chi connectivity index (χ0n) is 14.2. The highest BCUT2D eigenvalue weighted by Gasteiger charge is 2.21. The van der Waals surface area contributed by atoms with Crippen molar-refractivity contribution in [2.24, 2.45) is 17.6 Å². The fourth-order valence-corrected chi connectivity index (χ4v) is 2.14. The van der Waals surface area contributed by atoms with E-state index in [1.165, 1.54) is 38.5 Å². The number of aromatic nitrogens is 2. The third-order valence-corrected chi connectivity index (χ3v) is 4.41. The minimum atomic E-state index is -0.440. The van der Waals surface area contributed by atoms with E-state index in [1.807, 2.05) is 17.8 Å². The summed E-state index contributed by atoms with van der Waals surface area (Å²) in [6, 6.07) is 2.33. The molecule has 1 atom stereocenters. The second-order valence-electron chi connectivity index (χ2n) is 6.33. The van der Waals surface area contributed by atoms with Crippen molar-refractivity contribution in [1.82, 2.24) is 9.78 Å². The predicted octanol–water partition coefficient (Wildman–Crippen LogP) is 2.59. The van der Waals surface area contributed by atoms with Gasteiger partial charge in [-0.2, -0.15) is 10.4 Å². The van der Waals surface area contributed by atoms with Crippen LogP contribution in [0.25, 0.3) is 0 Å². The monoisotopic (exact) mass is 319 g/mol. The van der Waals surface area contributed by atoms with Crippen molar-refractivity contribution in [3.8, 4) is 6.07 Å². The molecule has 1 aromatic rings. The van der Waals surface area contributed by atoms with Crippen molar-refractivity contribution in [2.45, 2.75) is 58.4 Å². The Morgan fingerprint density at radius 1 is 1.43 bits per heavy atom. The number of hydrogen-bond acceptors (Lipinski definition) is 5. The zero-order valence-corrected chi connectivity index (χ0v) is 14.2. The summed E-state index contributed by atoms with van der Waals surface area (Å²) in [5, 5.41) is 12.1. The van der Waals surface area contributed by atoms with Crippen LogP contribution in [-0.4, -0.2) is 22.6 Å². The average Bonchev–Trinajstić information content (AvgIpc) is 2.77. The number of carbonyl (C=O) groups excluding carboxylic acids is 1. The molecule has 2 aliphatic carbocycles. The first-order valence-electron chi connectivity index (χ1n) is 8.38. The summed E-state index contributed by atoms with van der Waals surface area (Å²) >= 11 is 0. The quantitative estimate of drug-likeness (QED) is 0.832. The maximum Gasteiger partial charge on any atom is 0.136 e. The van der Waals surface area contributed by atoms with Crippen LogP contribution in [0.2, 0.25) is 0 Å². The molecule has 0 saturated heterocycles. The molecule has 3 rings (SSSR count). The molecule has 1 unspecified atom stereocenters. The van der Waals surface area contributed by atoms with E-state index >= 15 is 0 Å². The Morgan fingerprint density at radius 3 is 2.22 bits per heavy atom. The van der Waals surface area contributed by atoms with Gasteiger partial charge in [0.1, 0.15) is 12.1 Å². The summed E-state index contributed by atoms with van der Waals surface area (Å²) in [4.78, 5) is 9.51. The second-order valence-corrected chi connectivity index (χ2v) is 6.33. The number of nitrogens with two attached hydrogens (primary N) is 2. The van der Waals surface area contributed by atoms with E-state index in [9.17, 15) is 4.79 Å². The molecular formula is C17H29N5O. The number of aryl methyl sites for hydroxylation is 1. The molecule has 6 nitrogen and oxygen atoms in total. The number of nitrogens with zero attached hydrogens (tertiary/aromatic N) is 3. The number of nitrogen functional groups attached to an aromatic ring is 1. The van der Waals surface area contributed by atoms with E-state index in [4.69, 9.17) is 16.7 Å². The van der Waals surface area contributed by atoms with Gasteiger partial charge in [-0.1, -0.05) is 6.42 Å². The van der Waals surface area contributed by atoms with Gasteiger partial charge >= 0.3 is 0 Å². The maximum absolute atomic E-state index is 9.51. The standard InChI is InChI=1S/C8H13N3.C5H11N.C4H5NO/c1-6-5-10-11(8(6)9)7-3-2-4-7;6-4-5-2-1-3-5;1-4(2-5)3-6/h5,7H,2-4,9H2,1H3;5H,1-4,6H2;3-4H,1H3. The number of carbonyl (C=O) groups is 1. The highest BCUT2D eigenvalue weighted by Crippen LogP contribution is 2.33. The molecule has 0 aromatic carbocycles. The first kappa shape index (κ1) is 19.2. The van der Waals surface area contributed by atoms with Crippen molar-refractivity contribution in [1.29, 1.82) is 5.26 Å². The Balaban J connectivity index is 0.000000189. The van der Waals surface area contributed by atoms with Crippen molar-refractivity contribution >= 4 is 12.1 Å². The number of anilines is 1. The molecule has 1 heterocycles. The van der Waals surface area contributed by atoms with Crippen molar-refractivity contribution in [2.75, 3.05) is 12.3 Å². The van der Waals surface area contributed by atoms with Crippen LogP contribution < -0.4 is 11.5 Å². The highest BCUT2D eigenvalue weighted by molar-refractivity contribution is 5.56. The normalized spacial score (nSPS) is 18.0. The Labute approximate surface area is 138 Å². The molecular weight excluding hydrogens is 290 g/mol. The number of hydrogen-bond donors (Lipinski definition) is 2. The van der Waals surface area contributed by atoms with Gasteiger partial charge in [-0.05, 0) is 58.4 Å². The fraction of sp³-hybridized carbons (Fsp3) is 0.706. The summed E-state index contributed by atoms with van der Waals surface area (Å²) in [6.07, 6.45) is 10.4. The molecule has 2 saturated carbocycles. The van der Waals surface area contributed by atoms with Gasteiger partial charge < -0.3 is 16.3 Å². The van der Waals surface area contributed by atoms with E-state index in [0.29, 0.717) is 12.3 Å². The smallest absolute Gasteiger partial charge is 0.136 e. The SMILES string of the molecule is CC(C#N)C=O.Cc1cnn(C2CCC2)c1N.NCC1CCC1. The molecule has 23 heavy (non-hydrogen) atoms. The molecule has 128 valence electrons. The lowest BCUT2D eigenvalue weighted by atomic mass is 9.86. The Morgan fingerprint density at radius 2 is 2.04 bits per heavy atom. The predicted molar refractivity (Wildman–Crippen MR) is 91.5 cm³/mol. The minimum absolute atomic E-state index is 0.440. The Bertz CT molecular complexity index is 509. The maximum atomic E-state index is 9.51. The van der Waals surface area contributed by atoms with Gasteiger partial charge in [0, 0.05) is 5.56 Å². The molecule has 0 amide bonds. The summed E-state index contributed by atoms with van der Waals surface area (Å²) < 4.78 is 1.96. The summed E-state index contributed by atoms with van der Waals surface area (Å²) in [5.41, 5.74) is 12.2. The van der Waals surface area contributed by atoms with E-state index in [1.54, 1.807) is 13.0 Å². The lowest BCUT2D eigenvalue weighted by Crippen LogP contribution is -2.20. The minimum Gasteiger partial charge on any atom is -0.384 e. The van der Waals surface area contributed by atoms with Gasteiger partial charge in [0.25, 0.3) is 0 Å². The van der Waals surface area contributed by atoms with Crippen LogP contribution in [0, 0.1) is 30.1 Å². The summed E-state index contributed by atoms with van der Waals surface area (Å²) in [5.74, 6) is 1.30. The number of nitriles is 1. The second kappa shape index (κ2) is 10.0. The molecule has 4 N–H and O–H groups in total. The van der Waals surface area contributed by atoms with Gasteiger partial charge in [0.2, 0.25) is 0 Å². The topological polar surface area (TPSA) is 111 Å². The van der Waals surface area contributed by atoms with Crippen LogP contribution in [0.3, 0.4) is 0 Å². The molecule has 2 fully saturated rings. The third-order valence-electron chi connectivity index (χ3n) is 4.41.